The highest BCUT2D eigenvalue weighted by molar-refractivity contribution is 4.98. The molecule has 104 valence electrons. The molecule has 3 aliphatic rings. The molecular formula is C16H30N2. The van der Waals surface area contributed by atoms with Crippen LogP contribution in [0.25, 0.3) is 0 Å². The van der Waals surface area contributed by atoms with E-state index in [4.69, 9.17) is 0 Å². The van der Waals surface area contributed by atoms with Crippen LogP contribution in [-0.4, -0.2) is 36.1 Å². The van der Waals surface area contributed by atoms with Crippen LogP contribution in [-0.2, 0) is 0 Å². The minimum absolute atomic E-state index is 0.532. The lowest BCUT2D eigenvalue weighted by molar-refractivity contribution is 0.0616. The number of nitrogens with zero attached hydrogens (tertiary/aromatic N) is 1. The van der Waals surface area contributed by atoms with Gasteiger partial charge >= 0.3 is 0 Å². The third-order valence-corrected chi connectivity index (χ3v) is 5.75. The summed E-state index contributed by atoms with van der Waals surface area (Å²) in [5.41, 5.74) is 0.532. The van der Waals surface area contributed by atoms with E-state index in [0.29, 0.717) is 5.54 Å². The van der Waals surface area contributed by atoms with Crippen LogP contribution >= 0.6 is 0 Å². The molecule has 1 spiro atoms. The Morgan fingerprint density at radius 1 is 1.00 bits per heavy atom. The fraction of sp³-hybridized carbons (Fsp3) is 1.00. The Hall–Kier alpha value is -0.0800. The van der Waals surface area contributed by atoms with Crippen molar-refractivity contribution in [3.8, 4) is 0 Å². The van der Waals surface area contributed by atoms with Gasteiger partial charge in [0, 0.05) is 11.6 Å². The van der Waals surface area contributed by atoms with Gasteiger partial charge in [-0.25, -0.2) is 0 Å². The highest BCUT2D eigenvalue weighted by atomic mass is 15.2. The molecule has 0 aromatic carbocycles. The molecule has 18 heavy (non-hydrogen) atoms. The van der Waals surface area contributed by atoms with Crippen molar-refractivity contribution in [2.45, 2.75) is 76.3 Å². The molecule has 2 saturated heterocycles. The zero-order valence-corrected chi connectivity index (χ0v) is 12.1. The van der Waals surface area contributed by atoms with E-state index in [-0.39, 0.29) is 0 Å². The lowest BCUT2D eigenvalue weighted by atomic mass is 9.74. The lowest BCUT2D eigenvalue weighted by Gasteiger charge is -2.48. The van der Waals surface area contributed by atoms with Gasteiger partial charge in [0.05, 0.1) is 0 Å². The molecule has 2 heterocycles. The maximum Gasteiger partial charge on any atom is 0.0196 e. The molecule has 0 bridgehead atoms. The van der Waals surface area contributed by atoms with Crippen molar-refractivity contribution < 1.29 is 0 Å². The fourth-order valence-electron chi connectivity index (χ4n) is 4.44. The largest absolute Gasteiger partial charge is 0.311 e. The molecule has 1 N–H and O–H groups in total. The minimum atomic E-state index is 0.532. The van der Waals surface area contributed by atoms with Crippen LogP contribution in [0.1, 0.15) is 64.7 Å². The number of likely N-dealkylation sites (tertiary alicyclic amines) is 1. The summed E-state index contributed by atoms with van der Waals surface area (Å²) >= 11 is 0. The van der Waals surface area contributed by atoms with Crippen LogP contribution in [0.15, 0.2) is 0 Å². The molecule has 0 radical (unpaired) electrons. The van der Waals surface area contributed by atoms with Gasteiger partial charge in [-0.05, 0) is 64.1 Å². The monoisotopic (exact) mass is 250 g/mol. The maximum absolute atomic E-state index is 3.89. The van der Waals surface area contributed by atoms with Gasteiger partial charge in [0.1, 0.15) is 0 Å². The van der Waals surface area contributed by atoms with Crippen molar-refractivity contribution in [1.29, 1.82) is 0 Å². The number of hydrogen-bond acceptors (Lipinski definition) is 2. The van der Waals surface area contributed by atoms with Gasteiger partial charge in [0.15, 0.2) is 0 Å². The molecule has 0 amide bonds. The summed E-state index contributed by atoms with van der Waals surface area (Å²) in [7, 11) is 0. The molecule has 1 atom stereocenters. The van der Waals surface area contributed by atoms with Crippen LogP contribution in [0, 0.1) is 5.92 Å². The Labute approximate surface area is 113 Å². The van der Waals surface area contributed by atoms with Gasteiger partial charge in [0.2, 0.25) is 0 Å². The van der Waals surface area contributed by atoms with E-state index in [1.165, 1.54) is 77.4 Å². The number of rotatable bonds is 1. The molecule has 0 aromatic rings. The van der Waals surface area contributed by atoms with Crippen LogP contribution < -0.4 is 5.32 Å². The average molecular weight is 250 g/mol. The van der Waals surface area contributed by atoms with Crippen molar-refractivity contribution in [3.63, 3.8) is 0 Å². The third kappa shape index (κ3) is 2.75. The summed E-state index contributed by atoms with van der Waals surface area (Å²) in [4.78, 5) is 2.82. The number of hydrogen-bond donors (Lipinski definition) is 1. The van der Waals surface area contributed by atoms with Crippen molar-refractivity contribution in [1.82, 2.24) is 10.2 Å². The molecule has 1 aliphatic carbocycles. The fourth-order valence-corrected chi connectivity index (χ4v) is 4.44. The van der Waals surface area contributed by atoms with Crippen LogP contribution in [0.5, 0.6) is 0 Å². The molecule has 2 aliphatic heterocycles. The molecule has 3 rings (SSSR count). The summed E-state index contributed by atoms with van der Waals surface area (Å²) in [6, 6.07) is 0.886. The second-order valence-corrected chi connectivity index (χ2v) is 7.13. The first-order valence-electron chi connectivity index (χ1n) is 8.27. The van der Waals surface area contributed by atoms with Crippen molar-refractivity contribution in [3.05, 3.63) is 0 Å². The first-order valence-corrected chi connectivity index (χ1v) is 8.27. The van der Waals surface area contributed by atoms with Gasteiger partial charge in [-0.3, -0.25) is 0 Å². The number of piperidine rings is 2. The average Bonchev–Trinajstić information content (AvgIpc) is 2.40. The molecular weight excluding hydrogens is 220 g/mol. The summed E-state index contributed by atoms with van der Waals surface area (Å²) < 4.78 is 0. The Balaban J connectivity index is 1.59. The topological polar surface area (TPSA) is 15.3 Å². The van der Waals surface area contributed by atoms with Gasteiger partial charge in [-0.15, -0.1) is 0 Å². The molecule has 2 heteroatoms. The standard InChI is InChI=1S/C16H30N2/c1-14-6-11-18(12-7-14)15-5-10-17-16(13-15)8-3-2-4-9-16/h14-15,17H,2-13H2,1H3. The zero-order chi connectivity index (χ0) is 12.4. The van der Waals surface area contributed by atoms with Crippen molar-refractivity contribution in [2.24, 2.45) is 5.92 Å². The SMILES string of the molecule is CC1CCN(C2CCNC3(CCCCC3)C2)CC1. The first-order chi connectivity index (χ1) is 8.77. The summed E-state index contributed by atoms with van der Waals surface area (Å²) in [6.45, 7) is 6.41. The third-order valence-electron chi connectivity index (χ3n) is 5.75. The molecule has 1 saturated carbocycles. The van der Waals surface area contributed by atoms with Crippen molar-refractivity contribution in [2.75, 3.05) is 19.6 Å². The van der Waals surface area contributed by atoms with Crippen LogP contribution in [0.2, 0.25) is 0 Å². The Morgan fingerprint density at radius 3 is 2.44 bits per heavy atom. The van der Waals surface area contributed by atoms with Gasteiger partial charge < -0.3 is 10.2 Å². The molecule has 2 nitrogen and oxygen atoms in total. The van der Waals surface area contributed by atoms with Gasteiger partial charge in [0.25, 0.3) is 0 Å². The predicted molar refractivity (Wildman–Crippen MR) is 76.8 cm³/mol. The molecule has 1 unspecified atom stereocenters. The van der Waals surface area contributed by atoms with E-state index in [1.54, 1.807) is 0 Å². The molecule has 3 fully saturated rings. The predicted octanol–water partition coefficient (Wildman–Crippen LogP) is 3.17. The normalized spacial score (nSPS) is 34.8. The Bertz CT molecular complexity index is 257. The van der Waals surface area contributed by atoms with Crippen molar-refractivity contribution >= 4 is 0 Å². The van der Waals surface area contributed by atoms with E-state index in [9.17, 15) is 0 Å². The van der Waals surface area contributed by atoms with E-state index in [2.05, 4.69) is 17.1 Å². The second kappa shape index (κ2) is 5.50. The van der Waals surface area contributed by atoms with Crippen LogP contribution in [0.3, 0.4) is 0 Å². The van der Waals surface area contributed by atoms with Gasteiger partial charge in [-0.2, -0.15) is 0 Å². The highest BCUT2D eigenvalue weighted by Gasteiger charge is 2.39. The first kappa shape index (κ1) is 12.9. The van der Waals surface area contributed by atoms with E-state index in [1.807, 2.05) is 0 Å². The highest BCUT2D eigenvalue weighted by Crippen LogP contribution is 2.36. The van der Waals surface area contributed by atoms with Gasteiger partial charge in [-0.1, -0.05) is 26.2 Å². The summed E-state index contributed by atoms with van der Waals surface area (Å²) in [6.07, 6.45) is 12.9. The summed E-state index contributed by atoms with van der Waals surface area (Å²) in [5.74, 6) is 0.964. The van der Waals surface area contributed by atoms with E-state index >= 15 is 0 Å². The Morgan fingerprint density at radius 2 is 1.72 bits per heavy atom. The van der Waals surface area contributed by atoms with E-state index < -0.39 is 0 Å². The molecule has 0 aromatic heterocycles. The maximum atomic E-state index is 3.89. The Kier molecular flexibility index (Phi) is 3.95. The quantitative estimate of drug-likeness (QED) is 0.769. The number of nitrogens with one attached hydrogen (secondary N) is 1. The smallest absolute Gasteiger partial charge is 0.0196 e. The lowest BCUT2D eigenvalue weighted by Crippen LogP contribution is -2.57. The second-order valence-electron chi connectivity index (χ2n) is 7.13. The van der Waals surface area contributed by atoms with Crippen LogP contribution in [0.4, 0.5) is 0 Å². The summed E-state index contributed by atoms with van der Waals surface area (Å²) in [5, 5.41) is 3.89. The minimum Gasteiger partial charge on any atom is -0.311 e. The zero-order valence-electron chi connectivity index (χ0n) is 12.1. The van der Waals surface area contributed by atoms with E-state index in [0.717, 1.165) is 12.0 Å².